The van der Waals surface area contributed by atoms with Gasteiger partial charge in [0.25, 0.3) is 0 Å². The van der Waals surface area contributed by atoms with Crippen LogP contribution in [0.15, 0.2) is 23.0 Å². The Morgan fingerprint density at radius 1 is 1.78 bits per heavy atom. The maximum atomic E-state index is 10.0. The van der Waals surface area contributed by atoms with E-state index in [1.165, 1.54) is 5.01 Å². The van der Waals surface area contributed by atoms with E-state index >= 15 is 0 Å². The minimum Gasteiger partial charge on any atom is -0.277 e. The molecule has 0 aromatic rings. The Morgan fingerprint density at radius 3 is 2.89 bits per heavy atom. The highest BCUT2D eigenvalue weighted by atomic mass is 16.1. The van der Waals surface area contributed by atoms with Crippen LogP contribution in [0.5, 0.6) is 0 Å². The highest BCUT2D eigenvalue weighted by Crippen LogP contribution is 2.05. The molecule has 4 heteroatoms. The summed E-state index contributed by atoms with van der Waals surface area (Å²) in [5, 5.41) is 8.48. The Bertz CT molecular complexity index is 138. The molecule has 0 saturated carbocycles. The van der Waals surface area contributed by atoms with Crippen LogP contribution in [0, 0.1) is 0 Å². The molecule has 1 amide bonds. The molecule has 1 unspecified atom stereocenters. The van der Waals surface area contributed by atoms with Crippen molar-refractivity contribution < 1.29 is 4.79 Å². The molecule has 1 heterocycles. The predicted octanol–water partition coefficient (Wildman–Crippen LogP) is 0.380. The Hall–Kier alpha value is -1.19. The average Bonchev–Trinajstić information content (AvgIpc) is 2.34. The summed E-state index contributed by atoms with van der Waals surface area (Å²) in [6, 6.07) is -0.00444. The summed E-state index contributed by atoms with van der Waals surface area (Å²) in [6.07, 6.45) is 2.31. The molecule has 0 saturated heterocycles. The molecule has 1 aliphatic heterocycles. The van der Waals surface area contributed by atoms with E-state index in [0.717, 1.165) is 0 Å². The van der Waals surface area contributed by atoms with E-state index in [9.17, 15) is 4.79 Å². The largest absolute Gasteiger partial charge is 0.277 e. The monoisotopic (exact) mass is 125 g/mol. The van der Waals surface area contributed by atoms with E-state index in [2.05, 4.69) is 16.9 Å². The molecular formula is C5H7N3O. The summed E-state index contributed by atoms with van der Waals surface area (Å²) in [6.45, 7) is 4.05. The van der Waals surface area contributed by atoms with Gasteiger partial charge in [0.2, 0.25) is 6.41 Å². The molecule has 0 aromatic heterocycles. The molecule has 0 aromatic carbocycles. The molecule has 1 rings (SSSR count). The van der Waals surface area contributed by atoms with Gasteiger partial charge in [-0.05, 0) is 0 Å². The highest BCUT2D eigenvalue weighted by Gasteiger charge is 2.13. The lowest BCUT2D eigenvalue weighted by molar-refractivity contribution is -0.117. The smallest absolute Gasteiger partial charge is 0.231 e. The SMILES string of the molecule is C=CC1CN(C=O)N=N1. The molecular weight excluding hydrogens is 118 g/mol. The van der Waals surface area contributed by atoms with Gasteiger partial charge in [-0.3, -0.25) is 4.79 Å². The van der Waals surface area contributed by atoms with Crippen LogP contribution in [-0.2, 0) is 4.79 Å². The van der Waals surface area contributed by atoms with Crippen molar-refractivity contribution in [1.82, 2.24) is 5.01 Å². The Morgan fingerprint density at radius 2 is 2.56 bits per heavy atom. The number of rotatable bonds is 2. The van der Waals surface area contributed by atoms with Crippen molar-refractivity contribution in [2.75, 3.05) is 6.54 Å². The first kappa shape index (κ1) is 5.94. The summed E-state index contributed by atoms with van der Waals surface area (Å²) in [7, 11) is 0. The third-order valence-corrected chi connectivity index (χ3v) is 1.08. The first-order valence-electron chi connectivity index (χ1n) is 2.62. The zero-order valence-electron chi connectivity index (χ0n) is 4.90. The normalized spacial score (nSPS) is 24.4. The molecule has 0 radical (unpaired) electrons. The van der Waals surface area contributed by atoms with Crippen molar-refractivity contribution in [2.24, 2.45) is 10.3 Å². The van der Waals surface area contributed by atoms with Crippen LogP contribution >= 0.6 is 0 Å². The van der Waals surface area contributed by atoms with Gasteiger partial charge >= 0.3 is 0 Å². The van der Waals surface area contributed by atoms with Crippen molar-refractivity contribution in [2.45, 2.75) is 6.04 Å². The van der Waals surface area contributed by atoms with Crippen LogP contribution in [0.4, 0.5) is 0 Å². The molecule has 0 bridgehead atoms. The van der Waals surface area contributed by atoms with Gasteiger partial charge in [0, 0.05) is 0 Å². The molecule has 4 nitrogen and oxygen atoms in total. The second-order valence-electron chi connectivity index (χ2n) is 1.74. The molecule has 9 heavy (non-hydrogen) atoms. The van der Waals surface area contributed by atoms with Gasteiger partial charge in [-0.15, -0.1) is 6.58 Å². The molecule has 48 valence electrons. The summed E-state index contributed by atoms with van der Waals surface area (Å²) in [5.41, 5.74) is 0. The molecule has 0 fully saturated rings. The summed E-state index contributed by atoms with van der Waals surface area (Å²) in [5.74, 6) is 0. The fraction of sp³-hybridized carbons (Fsp3) is 0.400. The van der Waals surface area contributed by atoms with Crippen LogP contribution in [0.25, 0.3) is 0 Å². The van der Waals surface area contributed by atoms with Crippen LogP contribution in [-0.4, -0.2) is 24.0 Å². The Kier molecular flexibility index (Phi) is 1.58. The van der Waals surface area contributed by atoms with Crippen molar-refractivity contribution >= 4 is 6.41 Å². The second-order valence-corrected chi connectivity index (χ2v) is 1.74. The fourth-order valence-corrected chi connectivity index (χ4v) is 0.583. The minimum absolute atomic E-state index is 0.00444. The fourth-order valence-electron chi connectivity index (χ4n) is 0.583. The van der Waals surface area contributed by atoms with Crippen molar-refractivity contribution in [3.63, 3.8) is 0 Å². The number of hydrogen-bond donors (Lipinski definition) is 0. The van der Waals surface area contributed by atoms with E-state index in [0.29, 0.717) is 13.0 Å². The lowest BCUT2D eigenvalue weighted by Gasteiger charge is -1.99. The molecule has 1 atom stereocenters. The summed E-state index contributed by atoms with van der Waals surface area (Å²) in [4.78, 5) is 10.0. The maximum absolute atomic E-state index is 10.0. The highest BCUT2D eigenvalue weighted by molar-refractivity contribution is 5.46. The van der Waals surface area contributed by atoms with Gasteiger partial charge in [0.05, 0.1) is 6.54 Å². The topological polar surface area (TPSA) is 45.0 Å². The van der Waals surface area contributed by atoms with E-state index in [4.69, 9.17) is 0 Å². The van der Waals surface area contributed by atoms with E-state index in [1.54, 1.807) is 6.08 Å². The lowest BCUT2D eigenvalue weighted by atomic mass is 10.3. The average molecular weight is 125 g/mol. The van der Waals surface area contributed by atoms with Gasteiger partial charge in [-0.2, -0.15) is 5.11 Å². The zero-order chi connectivity index (χ0) is 6.69. The van der Waals surface area contributed by atoms with Gasteiger partial charge < -0.3 is 0 Å². The first-order chi connectivity index (χ1) is 4.36. The van der Waals surface area contributed by atoms with Crippen LogP contribution in [0.3, 0.4) is 0 Å². The Labute approximate surface area is 52.8 Å². The molecule has 0 N–H and O–H groups in total. The molecule has 1 aliphatic rings. The van der Waals surface area contributed by atoms with E-state index in [1.807, 2.05) is 0 Å². The molecule has 0 aliphatic carbocycles. The van der Waals surface area contributed by atoms with Gasteiger partial charge in [0.15, 0.2) is 0 Å². The molecule has 0 spiro atoms. The number of carbonyl (C=O) groups excluding carboxylic acids is 1. The van der Waals surface area contributed by atoms with Gasteiger partial charge in [-0.1, -0.05) is 11.3 Å². The van der Waals surface area contributed by atoms with E-state index < -0.39 is 0 Å². The zero-order valence-corrected chi connectivity index (χ0v) is 4.90. The quantitative estimate of drug-likeness (QED) is 0.388. The third kappa shape index (κ3) is 1.13. The predicted molar refractivity (Wildman–Crippen MR) is 31.6 cm³/mol. The van der Waals surface area contributed by atoms with E-state index in [-0.39, 0.29) is 6.04 Å². The van der Waals surface area contributed by atoms with Crippen molar-refractivity contribution in [1.29, 1.82) is 0 Å². The number of nitrogens with zero attached hydrogens (tertiary/aromatic N) is 3. The summed E-state index contributed by atoms with van der Waals surface area (Å²) < 4.78 is 0. The van der Waals surface area contributed by atoms with Crippen LogP contribution in [0.1, 0.15) is 0 Å². The van der Waals surface area contributed by atoms with Crippen molar-refractivity contribution in [3.05, 3.63) is 12.7 Å². The second kappa shape index (κ2) is 2.39. The number of hydrogen-bond acceptors (Lipinski definition) is 3. The summed E-state index contributed by atoms with van der Waals surface area (Å²) >= 11 is 0. The van der Waals surface area contributed by atoms with Gasteiger partial charge in [0.1, 0.15) is 6.04 Å². The standard InChI is InChI=1S/C5H7N3O/c1-2-5-3-8(4-9)7-6-5/h2,4-5H,1,3H2. The maximum Gasteiger partial charge on any atom is 0.231 e. The van der Waals surface area contributed by atoms with Crippen molar-refractivity contribution in [3.8, 4) is 0 Å². The third-order valence-electron chi connectivity index (χ3n) is 1.08. The van der Waals surface area contributed by atoms with Crippen LogP contribution < -0.4 is 0 Å². The van der Waals surface area contributed by atoms with Gasteiger partial charge in [-0.25, -0.2) is 5.01 Å². The minimum atomic E-state index is -0.00444. The lowest BCUT2D eigenvalue weighted by Crippen LogP contribution is -2.17. The number of carbonyl (C=O) groups is 1. The number of amides is 1. The Balaban J connectivity index is 2.48. The van der Waals surface area contributed by atoms with Crippen LogP contribution in [0.2, 0.25) is 0 Å². The first-order valence-corrected chi connectivity index (χ1v) is 2.62.